The van der Waals surface area contributed by atoms with E-state index in [1.165, 1.54) is 0 Å². The Kier molecular flexibility index (Phi) is 4.55. The third-order valence-corrected chi connectivity index (χ3v) is 3.18. The summed E-state index contributed by atoms with van der Waals surface area (Å²) in [5.41, 5.74) is 1.14. The van der Waals surface area contributed by atoms with Crippen LogP contribution in [0.2, 0.25) is 0 Å². The van der Waals surface area contributed by atoms with E-state index in [4.69, 9.17) is 4.74 Å². The lowest BCUT2D eigenvalue weighted by Crippen LogP contribution is -2.25. The Hall–Kier alpha value is -1.13. The molecule has 1 aliphatic rings. The zero-order chi connectivity index (χ0) is 13.0. The molecule has 4 nitrogen and oxygen atoms in total. The van der Waals surface area contributed by atoms with Gasteiger partial charge < -0.3 is 15.0 Å². The highest BCUT2D eigenvalue weighted by Gasteiger charge is 2.22. The summed E-state index contributed by atoms with van der Waals surface area (Å²) in [7, 11) is 2.13. The molecule has 1 N–H and O–H groups in total. The average Bonchev–Trinajstić information content (AvgIpc) is 2.73. The number of rotatable bonds is 5. The van der Waals surface area contributed by atoms with E-state index in [1.54, 1.807) is 6.20 Å². The first-order valence-corrected chi connectivity index (χ1v) is 6.67. The fourth-order valence-corrected chi connectivity index (χ4v) is 2.13. The van der Waals surface area contributed by atoms with Crippen LogP contribution in [0.4, 0.5) is 0 Å². The molecule has 1 aliphatic heterocycles. The van der Waals surface area contributed by atoms with E-state index in [0.29, 0.717) is 6.04 Å². The minimum Gasteiger partial charge on any atom is -0.473 e. The summed E-state index contributed by atoms with van der Waals surface area (Å²) in [5, 5.41) is 3.41. The number of nitrogens with zero attached hydrogens (tertiary/aromatic N) is 2. The van der Waals surface area contributed by atoms with Gasteiger partial charge in [0, 0.05) is 37.4 Å². The Bertz CT molecular complexity index is 381. The van der Waals surface area contributed by atoms with Crippen LogP contribution in [-0.2, 0) is 6.54 Å². The number of likely N-dealkylation sites (N-methyl/N-ethyl adjacent to an activating group) is 1. The van der Waals surface area contributed by atoms with Crippen molar-refractivity contribution in [3.8, 4) is 5.88 Å². The highest BCUT2D eigenvalue weighted by Crippen LogP contribution is 2.19. The number of ether oxygens (including phenoxy) is 1. The van der Waals surface area contributed by atoms with E-state index in [-0.39, 0.29) is 6.10 Å². The van der Waals surface area contributed by atoms with E-state index >= 15 is 0 Å². The summed E-state index contributed by atoms with van der Waals surface area (Å²) in [6.07, 6.45) is 3.17. The lowest BCUT2D eigenvalue weighted by Gasteiger charge is -2.16. The molecule has 1 aromatic rings. The van der Waals surface area contributed by atoms with Crippen molar-refractivity contribution < 1.29 is 4.74 Å². The van der Waals surface area contributed by atoms with E-state index in [9.17, 15) is 0 Å². The Morgan fingerprint density at radius 1 is 1.56 bits per heavy atom. The van der Waals surface area contributed by atoms with Crippen LogP contribution in [0.25, 0.3) is 0 Å². The molecule has 0 aromatic carbocycles. The van der Waals surface area contributed by atoms with Gasteiger partial charge in [-0.05, 0) is 19.5 Å². The summed E-state index contributed by atoms with van der Waals surface area (Å²) in [5.74, 6) is 0.783. The predicted octanol–water partition coefficient (Wildman–Crippen LogP) is 1.66. The maximum absolute atomic E-state index is 6.02. The monoisotopic (exact) mass is 249 g/mol. The van der Waals surface area contributed by atoms with Crippen molar-refractivity contribution in [3.05, 3.63) is 23.9 Å². The molecule has 4 heteroatoms. The summed E-state index contributed by atoms with van der Waals surface area (Å²) < 4.78 is 6.02. The van der Waals surface area contributed by atoms with Crippen molar-refractivity contribution in [2.45, 2.75) is 39.0 Å². The van der Waals surface area contributed by atoms with Gasteiger partial charge in [-0.25, -0.2) is 4.98 Å². The SMILES string of the molecule is CC(C)NCc1cccnc1OC1CCN(C)C1. The van der Waals surface area contributed by atoms with Crippen LogP contribution < -0.4 is 10.1 Å². The first-order chi connectivity index (χ1) is 8.65. The molecule has 2 rings (SSSR count). The molecule has 100 valence electrons. The van der Waals surface area contributed by atoms with Gasteiger partial charge in [0.1, 0.15) is 6.10 Å². The minimum atomic E-state index is 0.280. The molecule has 0 radical (unpaired) electrons. The molecule has 1 unspecified atom stereocenters. The highest BCUT2D eigenvalue weighted by molar-refractivity contribution is 5.25. The molecule has 0 amide bonds. The number of likely N-dealkylation sites (tertiary alicyclic amines) is 1. The number of nitrogens with one attached hydrogen (secondary N) is 1. The average molecular weight is 249 g/mol. The molecule has 0 saturated carbocycles. The van der Waals surface area contributed by atoms with Gasteiger partial charge in [-0.2, -0.15) is 0 Å². The van der Waals surface area contributed by atoms with Gasteiger partial charge in [0.25, 0.3) is 0 Å². The topological polar surface area (TPSA) is 37.4 Å². The molecule has 1 saturated heterocycles. The minimum absolute atomic E-state index is 0.280. The zero-order valence-corrected chi connectivity index (χ0v) is 11.5. The summed E-state index contributed by atoms with van der Waals surface area (Å²) >= 11 is 0. The number of hydrogen-bond donors (Lipinski definition) is 1. The van der Waals surface area contributed by atoms with Crippen LogP contribution in [0.5, 0.6) is 5.88 Å². The Balaban J connectivity index is 1.98. The van der Waals surface area contributed by atoms with Crippen LogP contribution in [0.15, 0.2) is 18.3 Å². The second-order valence-corrected chi connectivity index (χ2v) is 5.29. The van der Waals surface area contributed by atoms with Crippen molar-refractivity contribution in [2.24, 2.45) is 0 Å². The maximum Gasteiger partial charge on any atom is 0.218 e. The molecular weight excluding hydrogens is 226 g/mol. The van der Waals surface area contributed by atoms with Crippen molar-refractivity contribution in [2.75, 3.05) is 20.1 Å². The molecular formula is C14H23N3O. The van der Waals surface area contributed by atoms with Crippen molar-refractivity contribution in [3.63, 3.8) is 0 Å². The number of aromatic nitrogens is 1. The van der Waals surface area contributed by atoms with E-state index in [1.807, 2.05) is 6.07 Å². The third kappa shape index (κ3) is 3.68. The smallest absolute Gasteiger partial charge is 0.218 e. The molecule has 1 aromatic heterocycles. The third-order valence-electron chi connectivity index (χ3n) is 3.18. The van der Waals surface area contributed by atoms with E-state index < -0.39 is 0 Å². The van der Waals surface area contributed by atoms with Crippen LogP contribution in [0.1, 0.15) is 25.8 Å². The van der Waals surface area contributed by atoms with Crippen molar-refractivity contribution in [1.82, 2.24) is 15.2 Å². The fourth-order valence-electron chi connectivity index (χ4n) is 2.13. The van der Waals surface area contributed by atoms with Crippen molar-refractivity contribution in [1.29, 1.82) is 0 Å². The second kappa shape index (κ2) is 6.16. The maximum atomic E-state index is 6.02. The zero-order valence-electron chi connectivity index (χ0n) is 11.5. The molecule has 0 bridgehead atoms. The Morgan fingerprint density at radius 3 is 3.06 bits per heavy atom. The number of pyridine rings is 1. The molecule has 0 spiro atoms. The Labute approximate surface area is 109 Å². The van der Waals surface area contributed by atoms with Gasteiger partial charge in [0.05, 0.1) is 0 Å². The van der Waals surface area contributed by atoms with Gasteiger partial charge in [-0.1, -0.05) is 19.9 Å². The summed E-state index contributed by atoms with van der Waals surface area (Å²) in [6, 6.07) is 4.51. The first kappa shape index (κ1) is 13.3. The second-order valence-electron chi connectivity index (χ2n) is 5.29. The predicted molar refractivity (Wildman–Crippen MR) is 72.7 cm³/mol. The lowest BCUT2D eigenvalue weighted by molar-refractivity contribution is 0.197. The summed E-state index contributed by atoms with van der Waals surface area (Å²) in [4.78, 5) is 6.66. The summed E-state index contributed by atoms with van der Waals surface area (Å²) in [6.45, 7) is 7.19. The Morgan fingerprint density at radius 2 is 2.39 bits per heavy atom. The van der Waals surface area contributed by atoms with Gasteiger partial charge in [-0.15, -0.1) is 0 Å². The van der Waals surface area contributed by atoms with Crippen molar-refractivity contribution >= 4 is 0 Å². The van der Waals surface area contributed by atoms with E-state index in [2.05, 4.69) is 42.2 Å². The molecule has 0 aliphatic carbocycles. The largest absolute Gasteiger partial charge is 0.473 e. The van der Waals surface area contributed by atoms with E-state index in [0.717, 1.165) is 37.5 Å². The normalized spacial score (nSPS) is 20.6. The fraction of sp³-hybridized carbons (Fsp3) is 0.643. The van der Waals surface area contributed by atoms with Gasteiger partial charge in [0.2, 0.25) is 5.88 Å². The quantitative estimate of drug-likeness (QED) is 0.861. The first-order valence-electron chi connectivity index (χ1n) is 6.67. The van der Waals surface area contributed by atoms with Crippen LogP contribution >= 0.6 is 0 Å². The molecule has 2 heterocycles. The van der Waals surface area contributed by atoms with Gasteiger partial charge in [-0.3, -0.25) is 0 Å². The molecule has 18 heavy (non-hydrogen) atoms. The van der Waals surface area contributed by atoms with Crippen LogP contribution in [0.3, 0.4) is 0 Å². The van der Waals surface area contributed by atoms with Gasteiger partial charge in [0.15, 0.2) is 0 Å². The highest BCUT2D eigenvalue weighted by atomic mass is 16.5. The van der Waals surface area contributed by atoms with Crippen LogP contribution in [0, 0.1) is 0 Å². The molecule has 1 fully saturated rings. The van der Waals surface area contributed by atoms with Crippen LogP contribution in [-0.4, -0.2) is 42.2 Å². The lowest BCUT2D eigenvalue weighted by atomic mass is 10.2. The molecule has 1 atom stereocenters. The standard InChI is InChI=1S/C14H23N3O/c1-11(2)16-9-12-5-4-7-15-14(12)18-13-6-8-17(3)10-13/h4-5,7,11,13,16H,6,8-10H2,1-3H3. The number of hydrogen-bond acceptors (Lipinski definition) is 4. The van der Waals surface area contributed by atoms with Gasteiger partial charge >= 0.3 is 0 Å².